The van der Waals surface area contributed by atoms with Crippen LogP contribution in [0, 0.1) is 13.8 Å². The van der Waals surface area contributed by atoms with Crippen molar-refractivity contribution in [2.24, 2.45) is 15.3 Å². The van der Waals surface area contributed by atoms with Crippen molar-refractivity contribution < 1.29 is 0 Å². The first-order valence-corrected chi connectivity index (χ1v) is 10.8. The lowest BCUT2D eigenvalue weighted by Gasteiger charge is -2.29. The molecular weight excluding hydrogens is 408 g/mol. The molecule has 4 aromatic rings. The monoisotopic (exact) mass is 432 g/mol. The molecule has 0 spiro atoms. The summed E-state index contributed by atoms with van der Waals surface area (Å²) >= 11 is 0. The van der Waals surface area contributed by atoms with Crippen LogP contribution in [0.4, 0.5) is 22.7 Å². The van der Waals surface area contributed by atoms with E-state index in [1.807, 2.05) is 120 Å². The van der Waals surface area contributed by atoms with Crippen molar-refractivity contribution in [3.05, 3.63) is 120 Å². The van der Waals surface area contributed by atoms with E-state index in [1.54, 1.807) is 0 Å². The lowest BCUT2D eigenvalue weighted by molar-refractivity contribution is 0.767. The van der Waals surface area contributed by atoms with Crippen molar-refractivity contribution in [3.8, 4) is 0 Å². The van der Waals surface area contributed by atoms with E-state index in [2.05, 4.69) is 22.6 Å². The van der Waals surface area contributed by atoms with Gasteiger partial charge >= 0.3 is 0 Å². The zero-order valence-corrected chi connectivity index (χ0v) is 18.6. The molecule has 0 amide bonds. The van der Waals surface area contributed by atoms with Crippen LogP contribution in [0.3, 0.4) is 0 Å². The molecule has 0 aliphatic carbocycles. The fourth-order valence-electron chi connectivity index (χ4n) is 3.60. The quantitative estimate of drug-likeness (QED) is 0.352. The standard InChI is InChI=1S/C27H24N6/c1-20-11-9-10-16-25(20)29-28-23-18-17-21(2)26(19-23)33-31-27(22-12-5-3-6-13-22)30-32(33)24-14-7-4-8-15-24/h3-19H,1-2H3,(H,30,31). The van der Waals surface area contributed by atoms with Crippen molar-refractivity contribution in [1.29, 1.82) is 0 Å². The number of hydrogen-bond acceptors (Lipinski definition) is 6. The Hall–Kier alpha value is -4.45. The zero-order chi connectivity index (χ0) is 22.6. The smallest absolute Gasteiger partial charge is 0.176 e. The number of benzene rings is 4. The van der Waals surface area contributed by atoms with Gasteiger partial charge in [-0.15, -0.1) is 5.10 Å². The average molecular weight is 433 g/mol. The molecule has 0 unspecified atom stereocenters. The topological polar surface area (TPSA) is 55.6 Å². The normalized spacial score (nSPS) is 13.3. The van der Waals surface area contributed by atoms with Gasteiger partial charge in [0.25, 0.3) is 0 Å². The van der Waals surface area contributed by atoms with Crippen LogP contribution in [0.25, 0.3) is 0 Å². The second-order valence-corrected chi connectivity index (χ2v) is 7.82. The Balaban J connectivity index is 1.52. The molecule has 33 heavy (non-hydrogen) atoms. The number of amidine groups is 1. The molecule has 6 heteroatoms. The Bertz CT molecular complexity index is 1320. The molecule has 0 bridgehead atoms. The van der Waals surface area contributed by atoms with Crippen LogP contribution in [-0.4, -0.2) is 5.84 Å². The molecule has 1 aliphatic rings. The first kappa shape index (κ1) is 20.5. The van der Waals surface area contributed by atoms with Gasteiger partial charge in [0.2, 0.25) is 0 Å². The third-order valence-electron chi connectivity index (χ3n) is 5.44. The summed E-state index contributed by atoms with van der Waals surface area (Å²) in [7, 11) is 0. The molecule has 0 saturated carbocycles. The molecule has 1 N–H and O–H groups in total. The first-order chi connectivity index (χ1) is 16.2. The van der Waals surface area contributed by atoms with Crippen molar-refractivity contribution in [2.45, 2.75) is 13.8 Å². The molecule has 1 aliphatic heterocycles. The molecule has 1 heterocycles. The molecule has 6 nitrogen and oxygen atoms in total. The molecule has 4 aromatic carbocycles. The van der Waals surface area contributed by atoms with E-state index in [-0.39, 0.29) is 0 Å². The van der Waals surface area contributed by atoms with E-state index in [0.717, 1.165) is 45.3 Å². The number of nitrogens with zero attached hydrogens (tertiary/aromatic N) is 5. The van der Waals surface area contributed by atoms with Gasteiger partial charge < -0.3 is 0 Å². The van der Waals surface area contributed by atoms with Gasteiger partial charge in [-0.1, -0.05) is 72.8 Å². The van der Waals surface area contributed by atoms with Crippen LogP contribution in [0.15, 0.2) is 118 Å². The summed E-state index contributed by atoms with van der Waals surface area (Å²) in [5.41, 5.74) is 10.2. The number of anilines is 2. The number of nitrogens with one attached hydrogen (secondary N) is 1. The fraction of sp³-hybridized carbons (Fsp3) is 0.0741. The van der Waals surface area contributed by atoms with E-state index in [1.165, 1.54) is 0 Å². The third kappa shape index (κ3) is 4.32. The molecule has 5 rings (SSSR count). The number of azo groups is 1. The van der Waals surface area contributed by atoms with Crippen LogP contribution in [0.5, 0.6) is 0 Å². The maximum absolute atomic E-state index is 4.87. The lowest BCUT2D eigenvalue weighted by atomic mass is 10.2. The number of aryl methyl sites for hydroxylation is 2. The predicted octanol–water partition coefficient (Wildman–Crippen LogP) is 6.83. The summed E-state index contributed by atoms with van der Waals surface area (Å²) in [6.07, 6.45) is 0. The highest BCUT2D eigenvalue weighted by atomic mass is 15.9. The third-order valence-corrected chi connectivity index (χ3v) is 5.44. The molecular formula is C27H24N6. The van der Waals surface area contributed by atoms with Gasteiger partial charge in [-0.25, -0.2) is 0 Å². The maximum Gasteiger partial charge on any atom is 0.176 e. The minimum atomic E-state index is 0.766. The summed E-state index contributed by atoms with van der Waals surface area (Å²) in [6.45, 7) is 4.10. The van der Waals surface area contributed by atoms with Gasteiger partial charge in [-0.05, 0) is 55.3 Å². The van der Waals surface area contributed by atoms with Gasteiger partial charge in [-0.2, -0.15) is 20.5 Å². The summed E-state index contributed by atoms with van der Waals surface area (Å²) in [5.74, 6) is 0.769. The number of hydrazone groups is 1. The maximum atomic E-state index is 4.87. The van der Waals surface area contributed by atoms with Crippen LogP contribution in [-0.2, 0) is 0 Å². The number of para-hydroxylation sites is 1. The number of hydrogen-bond donors (Lipinski definition) is 1. The molecule has 0 saturated heterocycles. The second kappa shape index (κ2) is 8.96. The van der Waals surface area contributed by atoms with E-state index in [9.17, 15) is 0 Å². The first-order valence-electron chi connectivity index (χ1n) is 10.8. The Morgan fingerprint density at radius 1 is 0.697 bits per heavy atom. The van der Waals surface area contributed by atoms with E-state index < -0.39 is 0 Å². The summed E-state index contributed by atoms with van der Waals surface area (Å²) in [4.78, 5) is 0. The van der Waals surface area contributed by atoms with Crippen LogP contribution >= 0.6 is 0 Å². The van der Waals surface area contributed by atoms with Gasteiger partial charge in [0.15, 0.2) is 5.84 Å². The Morgan fingerprint density at radius 2 is 1.39 bits per heavy atom. The van der Waals surface area contributed by atoms with Crippen LogP contribution in [0.1, 0.15) is 16.7 Å². The van der Waals surface area contributed by atoms with Gasteiger partial charge in [0.05, 0.1) is 22.7 Å². The van der Waals surface area contributed by atoms with Crippen LogP contribution < -0.4 is 15.7 Å². The Morgan fingerprint density at radius 3 is 2.15 bits per heavy atom. The molecule has 0 atom stereocenters. The minimum absolute atomic E-state index is 0.766. The van der Waals surface area contributed by atoms with Crippen LogP contribution in [0.2, 0.25) is 0 Å². The Kier molecular flexibility index (Phi) is 5.55. The SMILES string of the molecule is Cc1ccccc1N=Nc1ccc(C)c(N2NC(c3ccccc3)=NN2c2ccccc2)c1. The molecule has 0 fully saturated rings. The fourth-order valence-corrected chi connectivity index (χ4v) is 3.60. The van der Waals surface area contributed by atoms with Crippen molar-refractivity contribution >= 4 is 28.6 Å². The molecule has 0 radical (unpaired) electrons. The Labute approximate surface area is 193 Å². The van der Waals surface area contributed by atoms with Gasteiger partial charge in [-0.3, -0.25) is 5.43 Å². The van der Waals surface area contributed by atoms with Gasteiger partial charge in [0, 0.05) is 5.56 Å². The minimum Gasteiger partial charge on any atom is -0.259 e. The highest BCUT2D eigenvalue weighted by molar-refractivity contribution is 6.02. The highest BCUT2D eigenvalue weighted by Crippen LogP contribution is 2.32. The predicted molar refractivity (Wildman–Crippen MR) is 134 cm³/mol. The van der Waals surface area contributed by atoms with E-state index in [0.29, 0.717) is 0 Å². The second-order valence-electron chi connectivity index (χ2n) is 7.82. The van der Waals surface area contributed by atoms with Crippen molar-refractivity contribution in [1.82, 2.24) is 5.43 Å². The molecule has 162 valence electrons. The number of rotatable bonds is 5. The lowest BCUT2D eigenvalue weighted by Crippen LogP contribution is -2.45. The summed E-state index contributed by atoms with van der Waals surface area (Å²) < 4.78 is 0. The van der Waals surface area contributed by atoms with E-state index in [4.69, 9.17) is 5.10 Å². The highest BCUT2D eigenvalue weighted by Gasteiger charge is 2.27. The zero-order valence-electron chi connectivity index (χ0n) is 18.6. The van der Waals surface area contributed by atoms with Crippen molar-refractivity contribution in [3.63, 3.8) is 0 Å². The molecule has 0 aromatic heterocycles. The summed E-state index contributed by atoms with van der Waals surface area (Å²) in [5, 5.41) is 17.6. The van der Waals surface area contributed by atoms with Gasteiger partial charge in [0.1, 0.15) is 0 Å². The average Bonchev–Trinajstić information content (AvgIpc) is 3.31. The number of hydrazine groups is 2. The van der Waals surface area contributed by atoms with E-state index >= 15 is 0 Å². The summed E-state index contributed by atoms with van der Waals surface area (Å²) in [6, 6.07) is 34.2. The largest absolute Gasteiger partial charge is 0.259 e. The van der Waals surface area contributed by atoms with Crippen molar-refractivity contribution in [2.75, 3.05) is 10.2 Å².